The smallest absolute Gasteiger partial charge is 0.324 e. The number of aromatic nitrogens is 2. The summed E-state index contributed by atoms with van der Waals surface area (Å²) in [6.07, 6.45) is 2.10. The fourth-order valence-electron chi connectivity index (χ4n) is 3.69. The lowest BCUT2D eigenvalue weighted by molar-refractivity contribution is -0.136. The Morgan fingerprint density at radius 2 is 1.96 bits per heavy atom. The Kier molecular flexibility index (Phi) is 5.57. The van der Waals surface area contributed by atoms with Gasteiger partial charge in [0.15, 0.2) is 0 Å². The highest BCUT2D eigenvalue weighted by Crippen LogP contribution is 2.26. The number of carbonyl (C=O) groups excluding carboxylic acids is 3. The molecule has 2 N–H and O–H groups in total. The molecular weight excluding hydrogens is 350 g/mol. The number of hydrogen-bond acceptors (Lipinski definition) is 5. The highest BCUT2D eigenvalue weighted by atomic mass is 16.2. The molecule has 0 aliphatic carbocycles. The number of piperidine rings is 1. The number of rotatable bonds is 5. The van der Waals surface area contributed by atoms with Gasteiger partial charge in [0.05, 0.1) is 12.1 Å². The van der Waals surface area contributed by atoms with Crippen molar-refractivity contribution in [2.45, 2.75) is 51.5 Å². The number of hydrogen-bond donors (Lipinski definition) is 2. The van der Waals surface area contributed by atoms with E-state index in [0.717, 1.165) is 5.69 Å². The number of nitrogens with one attached hydrogen (secondary N) is 2. The Bertz CT molecular complexity index is 797. The Labute approximate surface area is 157 Å². The molecular formula is C18H25N5O4. The summed E-state index contributed by atoms with van der Waals surface area (Å²) >= 11 is 0. The number of amides is 4. The predicted octanol–water partition coefficient (Wildman–Crippen LogP) is 0.505. The molecule has 27 heavy (non-hydrogen) atoms. The molecule has 2 aliphatic heterocycles. The van der Waals surface area contributed by atoms with Crippen LogP contribution in [0.3, 0.4) is 0 Å². The molecule has 0 saturated carbocycles. The number of carbonyl (C=O) groups is 3. The maximum absolute atomic E-state index is 12.6. The zero-order valence-electron chi connectivity index (χ0n) is 15.7. The maximum atomic E-state index is 12.6. The van der Waals surface area contributed by atoms with Crippen molar-refractivity contribution in [2.75, 3.05) is 19.6 Å². The van der Waals surface area contributed by atoms with E-state index in [1.807, 2.05) is 6.92 Å². The van der Waals surface area contributed by atoms with Crippen LogP contribution in [0.2, 0.25) is 0 Å². The molecule has 0 radical (unpaired) electrons. The number of urea groups is 1. The summed E-state index contributed by atoms with van der Waals surface area (Å²) in [7, 11) is 0. The molecule has 2 fully saturated rings. The number of likely N-dealkylation sites (tertiary alicyclic amines) is 1. The SMILES string of the molecule is CCCN1C(=O)N[C@H](CC(=O)N2CCC(c3cc(=O)[nH]c(C)n3)CC2)C1=O. The fraction of sp³-hybridized carbons (Fsp3) is 0.611. The van der Waals surface area contributed by atoms with Gasteiger partial charge in [-0.15, -0.1) is 0 Å². The van der Waals surface area contributed by atoms with Crippen LogP contribution in [0, 0.1) is 6.92 Å². The lowest BCUT2D eigenvalue weighted by atomic mass is 9.93. The summed E-state index contributed by atoms with van der Waals surface area (Å²) < 4.78 is 0. The first-order valence-electron chi connectivity index (χ1n) is 9.36. The van der Waals surface area contributed by atoms with E-state index in [0.29, 0.717) is 44.7 Å². The third-order valence-electron chi connectivity index (χ3n) is 5.08. The number of nitrogens with zero attached hydrogens (tertiary/aromatic N) is 3. The number of aryl methyl sites for hydroxylation is 1. The number of H-pyrrole nitrogens is 1. The molecule has 1 aromatic heterocycles. The summed E-state index contributed by atoms with van der Waals surface area (Å²) in [5.41, 5.74) is 0.597. The first kappa shape index (κ1) is 19.1. The van der Waals surface area contributed by atoms with E-state index in [4.69, 9.17) is 0 Å². The Balaban J connectivity index is 1.55. The van der Waals surface area contributed by atoms with Gasteiger partial charge in [-0.1, -0.05) is 6.92 Å². The van der Waals surface area contributed by atoms with E-state index in [9.17, 15) is 19.2 Å². The molecule has 146 valence electrons. The zero-order valence-corrected chi connectivity index (χ0v) is 15.7. The molecule has 0 spiro atoms. The molecule has 3 heterocycles. The molecule has 0 unspecified atom stereocenters. The largest absolute Gasteiger partial charge is 0.343 e. The average molecular weight is 375 g/mol. The normalized spacial score (nSPS) is 20.9. The third kappa shape index (κ3) is 4.17. The zero-order chi connectivity index (χ0) is 19.6. The third-order valence-corrected chi connectivity index (χ3v) is 5.08. The van der Waals surface area contributed by atoms with Gasteiger partial charge in [0.1, 0.15) is 11.9 Å². The van der Waals surface area contributed by atoms with Crippen LogP contribution in [-0.4, -0.2) is 63.3 Å². The second-order valence-electron chi connectivity index (χ2n) is 7.11. The molecule has 9 nitrogen and oxygen atoms in total. The van der Waals surface area contributed by atoms with Gasteiger partial charge in [-0.25, -0.2) is 9.78 Å². The van der Waals surface area contributed by atoms with Gasteiger partial charge < -0.3 is 15.2 Å². The highest BCUT2D eigenvalue weighted by molar-refractivity contribution is 6.05. The van der Waals surface area contributed by atoms with Crippen LogP contribution in [0.15, 0.2) is 10.9 Å². The lowest BCUT2D eigenvalue weighted by Gasteiger charge is -2.32. The van der Waals surface area contributed by atoms with Crippen LogP contribution >= 0.6 is 0 Å². The van der Waals surface area contributed by atoms with E-state index in [-0.39, 0.29) is 29.7 Å². The number of aromatic amines is 1. The van der Waals surface area contributed by atoms with Crippen LogP contribution in [-0.2, 0) is 9.59 Å². The summed E-state index contributed by atoms with van der Waals surface area (Å²) in [6, 6.07) is 0.324. The summed E-state index contributed by atoms with van der Waals surface area (Å²) in [6.45, 7) is 5.09. The molecule has 2 saturated heterocycles. The van der Waals surface area contributed by atoms with E-state index < -0.39 is 12.1 Å². The summed E-state index contributed by atoms with van der Waals surface area (Å²) in [5.74, 6) is 0.264. The monoisotopic (exact) mass is 375 g/mol. The van der Waals surface area contributed by atoms with Gasteiger partial charge in [0.2, 0.25) is 5.91 Å². The quantitative estimate of drug-likeness (QED) is 0.728. The van der Waals surface area contributed by atoms with Crippen molar-refractivity contribution in [3.63, 3.8) is 0 Å². The van der Waals surface area contributed by atoms with Gasteiger partial charge >= 0.3 is 6.03 Å². The Morgan fingerprint density at radius 3 is 2.59 bits per heavy atom. The molecule has 9 heteroatoms. The molecule has 3 rings (SSSR count). The van der Waals surface area contributed by atoms with Crippen molar-refractivity contribution in [3.8, 4) is 0 Å². The van der Waals surface area contributed by atoms with Crippen molar-refractivity contribution >= 4 is 17.8 Å². The first-order chi connectivity index (χ1) is 12.9. The predicted molar refractivity (Wildman–Crippen MR) is 97.1 cm³/mol. The minimum absolute atomic E-state index is 0.0161. The van der Waals surface area contributed by atoms with Crippen LogP contribution in [0.25, 0.3) is 0 Å². The van der Waals surface area contributed by atoms with Gasteiger partial charge in [-0.2, -0.15) is 0 Å². The van der Waals surface area contributed by atoms with Crippen molar-refractivity contribution in [2.24, 2.45) is 0 Å². The van der Waals surface area contributed by atoms with Crippen LogP contribution in [0.5, 0.6) is 0 Å². The van der Waals surface area contributed by atoms with E-state index in [1.54, 1.807) is 11.8 Å². The molecule has 2 aliphatic rings. The second kappa shape index (κ2) is 7.89. The first-order valence-corrected chi connectivity index (χ1v) is 9.36. The highest BCUT2D eigenvalue weighted by Gasteiger charge is 2.39. The topological polar surface area (TPSA) is 115 Å². The maximum Gasteiger partial charge on any atom is 0.324 e. The van der Waals surface area contributed by atoms with Crippen molar-refractivity contribution < 1.29 is 14.4 Å². The van der Waals surface area contributed by atoms with Gasteiger partial charge in [0, 0.05) is 31.6 Å². The average Bonchev–Trinajstić information content (AvgIpc) is 2.89. The van der Waals surface area contributed by atoms with Crippen LogP contribution in [0.4, 0.5) is 4.79 Å². The van der Waals surface area contributed by atoms with Gasteiger partial charge in [-0.3, -0.25) is 19.3 Å². The Hall–Kier alpha value is -2.71. The van der Waals surface area contributed by atoms with Crippen LogP contribution < -0.4 is 10.9 Å². The second-order valence-corrected chi connectivity index (χ2v) is 7.11. The molecule has 1 atom stereocenters. The van der Waals surface area contributed by atoms with Crippen molar-refractivity contribution in [1.29, 1.82) is 0 Å². The molecule has 0 aromatic carbocycles. The lowest BCUT2D eigenvalue weighted by Crippen LogP contribution is -2.42. The van der Waals surface area contributed by atoms with Crippen molar-refractivity contribution in [1.82, 2.24) is 25.1 Å². The summed E-state index contributed by atoms with van der Waals surface area (Å²) in [5, 5.41) is 2.60. The number of imide groups is 1. The van der Waals surface area contributed by atoms with E-state index >= 15 is 0 Å². The van der Waals surface area contributed by atoms with Crippen LogP contribution in [0.1, 0.15) is 50.0 Å². The Morgan fingerprint density at radius 1 is 1.26 bits per heavy atom. The van der Waals surface area contributed by atoms with E-state index in [2.05, 4.69) is 15.3 Å². The summed E-state index contributed by atoms with van der Waals surface area (Å²) in [4.78, 5) is 58.2. The van der Waals surface area contributed by atoms with Gasteiger partial charge in [0.25, 0.3) is 11.5 Å². The van der Waals surface area contributed by atoms with Crippen molar-refractivity contribution in [3.05, 3.63) is 27.9 Å². The van der Waals surface area contributed by atoms with E-state index in [1.165, 1.54) is 11.0 Å². The minimum atomic E-state index is -0.772. The molecule has 1 aromatic rings. The molecule has 4 amide bonds. The van der Waals surface area contributed by atoms with Gasteiger partial charge in [-0.05, 0) is 26.2 Å². The fourth-order valence-corrected chi connectivity index (χ4v) is 3.69. The minimum Gasteiger partial charge on any atom is -0.343 e. The molecule has 0 bridgehead atoms. The standard InChI is InChI=1S/C18H25N5O4/c1-3-6-23-17(26)14(21-18(23)27)10-16(25)22-7-4-12(5-8-22)13-9-15(24)20-11(2)19-13/h9,12,14H,3-8,10H2,1-2H3,(H,21,27)(H,19,20,24)/t14-/m1/s1.